The van der Waals surface area contributed by atoms with Gasteiger partial charge in [0, 0.05) is 51.3 Å². The molecule has 0 radical (unpaired) electrons. The Morgan fingerprint density at radius 2 is 1.88 bits per heavy atom. The lowest BCUT2D eigenvalue weighted by Crippen LogP contribution is -2.41. The monoisotopic (exact) mass is 612 g/mol. The maximum absolute atomic E-state index is 14.5. The number of aromatic nitrogens is 4. The zero-order valence-electron chi connectivity index (χ0n) is 24.3. The first-order valence-corrected chi connectivity index (χ1v) is 17.2. The van der Waals surface area contributed by atoms with E-state index in [2.05, 4.69) is 39.9 Å². The van der Waals surface area contributed by atoms with Crippen molar-refractivity contribution in [1.82, 2.24) is 19.5 Å². The molecule has 4 heterocycles. The fourth-order valence-electron chi connectivity index (χ4n) is 4.43. The van der Waals surface area contributed by atoms with Crippen molar-refractivity contribution in [2.75, 3.05) is 11.9 Å². The van der Waals surface area contributed by atoms with Crippen LogP contribution in [0.5, 0.6) is 0 Å². The summed E-state index contributed by atoms with van der Waals surface area (Å²) < 4.78 is 36.8. The van der Waals surface area contributed by atoms with Crippen LogP contribution in [0.25, 0.3) is 33.5 Å². The first kappa shape index (κ1) is 31.8. The fourth-order valence-corrected chi connectivity index (χ4v) is 5.19. The van der Waals surface area contributed by atoms with Gasteiger partial charge >= 0.3 is 5.92 Å². The molecule has 1 unspecified atom stereocenters. The van der Waals surface area contributed by atoms with Crippen molar-refractivity contribution >= 4 is 36.7 Å². The van der Waals surface area contributed by atoms with Gasteiger partial charge in [0.05, 0.1) is 34.6 Å². The molecule has 14 heteroatoms. The van der Waals surface area contributed by atoms with E-state index >= 15 is 0 Å². The molecule has 4 aromatic heterocycles. The number of nitrogens with zero attached hydrogens (tertiary/aromatic N) is 4. The van der Waals surface area contributed by atoms with Crippen LogP contribution >= 0.6 is 0 Å². The molecular formula is C29H34F2N6O5Si. The highest BCUT2D eigenvalue weighted by atomic mass is 28.3. The molecule has 0 aromatic carbocycles. The lowest BCUT2D eigenvalue weighted by atomic mass is 10.0. The molecule has 0 saturated carbocycles. The van der Waals surface area contributed by atoms with E-state index in [0.29, 0.717) is 45.7 Å². The first-order chi connectivity index (χ1) is 20.2. The molecule has 0 aliphatic rings. The van der Waals surface area contributed by atoms with Crippen LogP contribution < -0.4 is 11.1 Å². The molecule has 2 amide bonds. The normalized spacial score (nSPS) is 12.8. The first-order valence-electron chi connectivity index (χ1n) is 13.5. The summed E-state index contributed by atoms with van der Waals surface area (Å²) >= 11 is 0. The van der Waals surface area contributed by atoms with Crippen molar-refractivity contribution in [3.05, 3.63) is 60.0 Å². The molecule has 0 aliphatic carbocycles. The standard InChI is InChI=1S/C29H34F2N6O5Si/c1-17(39)36-23-12-19(7-8-33-23)26-24(21-6-5-18(15-38)13-34-21)25-22(37(26)16-42-9-10-43(2,3)4)11-20(14-35-25)27(40)29(30,31)28(32)41/h5-8,11-14,27,38,40H,9-10,15-16H2,1-4H3,(H2,32,41)(H,33,36,39). The Kier molecular flexibility index (Phi) is 9.34. The van der Waals surface area contributed by atoms with Crippen molar-refractivity contribution in [1.29, 1.82) is 0 Å². The fraction of sp³-hybridized carbons (Fsp3) is 0.345. The average molecular weight is 613 g/mol. The Balaban J connectivity index is 2.00. The van der Waals surface area contributed by atoms with Gasteiger partial charge in [0.25, 0.3) is 5.91 Å². The quantitative estimate of drug-likeness (QED) is 0.137. The zero-order valence-corrected chi connectivity index (χ0v) is 25.3. The minimum absolute atomic E-state index is 0.0176. The third kappa shape index (κ3) is 7.10. The number of halogens is 2. The summed E-state index contributed by atoms with van der Waals surface area (Å²) in [5, 5.41) is 22.7. The maximum Gasteiger partial charge on any atom is 0.353 e. The molecule has 4 rings (SSSR count). The topological polar surface area (TPSA) is 165 Å². The second kappa shape index (κ2) is 12.6. The average Bonchev–Trinajstić information content (AvgIpc) is 3.27. The largest absolute Gasteiger partial charge is 0.392 e. The third-order valence-electron chi connectivity index (χ3n) is 6.73. The molecule has 11 nitrogen and oxygen atoms in total. The summed E-state index contributed by atoms with van der Waals surface area (Å²) in [6.07, 6.45) is 1.54. The van der Waals surface area contributed by atoms with Crippen molar-refractivity contribution < 1.29 is 33.3 Å². The number of nitrogens with one attached hydrogen (secondary N) is 1. The van der Waals surface area contributed by atoms with Crippen LogP contribution in [0.4, 0.5) is 14.6 Å². The van der Waals surface area contributed by atoms with Gasteiger partial charge in [0.2, 0.25) is 5.91 Å². The van der Waals surface area contributed by atoms with Gasteiger partial charge in [0.1, 0.15) is 12.5 Å². The number of aliphatic hydroxyl groups excluding tert-OH is 2. The number of carbonyl (C=O) groups is 2. The number of fused-ring (bicyclic) bond motifs is 1. The molecule has 5 N–H and O–H groups in total. The van der Waals surface area contributed by atoms with Crippen molar-refractivity contribution in [2.24, 2.45) is 5.73 Å². The van der Waals surface area contributed by atoms with Crippen LogP contribution in [-0.2, 0) is 27.7 Å². The number of anilines is 1. The number of hydrogen-bond donors (Lipinski definition) is 4. The second-order valence-electron chi connectivity index (χ2n) is 11.3. The van der Waals surface area contributed by atoms with Crippen LogP contribution in [0, 0.1) is 0 Å². The van der Waals surface area contributed by atoms with E-state index in [9.17, 15) is 28.6 Å². The second-order valence-corrected chi connectivity index (χ2v) is 17.0. The Morgan fingerprint density at radius 1 is 1.14 bits per heavy atom. The third-order valence-corrected chi connectivity index (χ3v) is 8.43. The number of alkyl halides is 2. The van der Waals surface area contributed by atoms with Gasteiger partial charge in [0.15, 0.2) is 6.10 Å². The van der Waals surface area contributed by atoms with E-state index in [-0.39, 0.29) is 30.6 Å². The van der Waals surface area contributed by atoms with Crippen LogP contribution in [0.15, 0.2) is 48.9 Å². The summed E-state index contributed by atoms with van der Waals surface area (Å²) in [5.41, 5.74) is 7.87. The van der Waals surface area contributed by atoms with Gasteiger partial charge in [-0.3, -0.25) is 19.6 Å². The van der Waals surface area contributed by atoms with E-state index in [4.69, 9.17) is 10.5 Å². The molecule has 0 saturated heterocycles. The van der Waals surface area contributed by atoms with Crippen LogP contribution in [0.1, 0.15) is 24.2 Å². The molecule has 0 spiro atoms. The van der Waals surface area contributed by atoms with Gasteiger partial charge in [-0.2, -0.15) is 8.78 Å². The van der Waals surface area contributed by atoms with Crippen LogP contribution in [-0.4, -0.2) is 62.1 Å². The Labute approximate surface area is 247 Å². The predicted molar refractivity (Wildman–Crippen MR) is 160 cm³/mol. The highest BCUT2D eigenvalue weighted by Gasteiger charge is 2.46. The van der Waals surface area contributed by atoms with E-state index in [1.807, 2.05) is 0 Å². The summed E-state index contributed by atoms with van der Waals surface area (Å²) in [6, 6.07) is 8.93. The van der Waals surface area contributed by atoms with E-state index in [0.717, 1.165) is 12.2 Å². The zero-order chi connectivity index (χ0) is 31.5. The van der Waals surface area contributed by atoms with E-state index < -0.39 is 26.0 Å². The van der Waals surface area contributed by atoms with Crippen LogP contribution in [0.3, 0.4) is 0 Å². The van der Waals surface area contributed by atoms with Gasteiger partial charge < -0.3 is 30.6 Å². The number of pyridine rings is 3. The lowest BCUT2D eigenvalue weighted by molar-refractivity contribution is -0.160. The number of nitrogens with two attached hydrogens (primary N) is 1. The molecule has 228 valence electrons. The van der Waals surface area contributed by atoms with Gasteiger partial charge in [-0.1, -0.05) is 25.7 Å². The maximum atomic E-state index is 14.5. The Morgan fingerprint density at radius 3 is 2.49 bits per heavy atom. The highest BCUT2D eigenvalue weighted by molar-refractivity contribution is 6.76. The van der Waals surface area contributed by atoms with Crippen molar-refractivity contribution in [3.63, 3.8) is 0 Å². The van der Waals surface area contributed by atoms with E-state index in [1.54, 1.807) is 28.8 Å². The van der Waals surface area contributed by atoms with Gasteiger partial charge in [-0.25, -0.2) is 4.98 Å². The van der Waals surface area contributed by atoms with Crippen molar-refractivity contribution in [3.8, 4) is 22.5 Å². The molecule has 1 atom stereocenters. The molecule has 0 bridgehead atoms. The smallest absolute Gasteiger partial charge is 0.353 e. The van der Waals surface area contributed by atoms with E-state index in [1.165, 1.54) is 25.4 Å². The minimum atomic E-state index is -4.24. The number of amides is 2. The number of hydrogen-bond acceptors (Lipinski definition) is 8. The molecular weight excluding hydrogens is 578 g/mol. The Bertz CT molecular complexity index is 1640. The lowest BCUT2D eigenvalue weighted by Gasteiger charge is -2.20. The van der Waals surface area contributed by atoms with Crippen molar-refractivity contribution in [2.45, 2.75) is 58.0 Å². The highest BCUT2D eigenvalue weighted by Crippen LogP contribution is 2.41. The molecule has 0 aliphatic heterocycles. The summed E-state index contributed by atoms with van der Waals surface area (Å²) in [7, 11) is -1.45. The predicted octanol–water partition coefficient (Wildman–Crippen LogP) is 4.08. The van der Waals surface area contributed by atoms with Gasteiger partial charge in [-0.15, -0.1) is 0 Å². The SMILES string of the molecule is CC(=O)Nc1cc(-c2c(-c3ccc(CO)cn3)c3ncc(C(O)C(F)(F)C(N)=O)cc3n2COCC[Si](C)(C)C)ccn1. The number of primary amides is 1. The Hall–Kier alpha value is -4.11. The summed E-state index contributed by atoms with van der Waals surface area (Å²) in [6.45, 7) is 8.20. The van der Waals surface area contributed by atoms with Gasteiger partial charge in [-0.05, 0) is 35.9 Å². The number of rotatable bonds is 12. The number of carbonyl (C=O) groups excluding carboxylic acids is 2. The van der Waals surface area contributed by atoms with Crippen LogP contribution in [0.2, 0.25) is 25.7 Å². The molecule has 0 fully saturated rings. The number of ether oxygens (including phenoxy) is 1. The minimum Gasteiger partial charge on any atom is -0.392 e. The molecule has 43 heavy (non-hydrogen) atoms. The number of aliphatic hydroxyl groups is 2. The summed E-state index contributed by atoms with van der Waals surface area (Å²) in [5.74, 6) is -6.26. The summed E-state index contributed by atoms with van der Waals surface area (Å²) in [4.78, 5) is 36.4. The molecule has 4 aromatic rings.